The Morgan fingerprint density at radius 1 is 0.793 bits per heavy atom. The van der Waals surface area contributed by atoms with Gasteiger partial charge in [0.2, 0.25) is 0 Å². The SMILES string of the molecule is CCOCC.Cl.O/N=C1/CC(c2ccccc2)(c2ccccc2)c2ccccc21. The van der Waals surface area contributed by atoms with Crippen LogP contribution in [-0.4, -0.2) is 24.1 Å². The highest BCUT2D eigenvalue weighted by molar-refractivity contribution is 6.07. The van der Waals surface area contributed by atoms with Crippen molar-refractivity contribution in [3.05, 3.63) is 107 Å². The number of fused-ring (bicyclic) bond motifs is 1. The van der Waals surface area contributed by atoms with Crippen LogP contribution in [0.4, 0.5) is 0 Å². The fourth-order valence-corrected chi connectivity index (χ4v) is 3.97. The van der Waals surface area contributed by atoms with Gasteiger partial charge in [0.25, 0.3) is 0 Å². The number of oxime groups is 1. The molecule has 0 spiro atoms. The van der Waals surface area contributed by atoms with Crippen molar-refractivity contribution in [3.63, 3.8) is 0 Å². The van der Waals surface area contributed by atoms with Crippen molar-refractivity contribution in [3.8, 4) is 0 Å². The van der Waals surface area contributed by atoms with E-state index in [1.54, 1.807) is 0 Å². The Morgan fingerprint density at radius 2 is 1.28 bits per heavy atom. The summed E-state index contributed by atoms with van der Waals surface area (Å²) in [4.78, 5) is 0. The summed E-state index contributed by atoms with van der Waals surface area (Å²) in [6.07, 6.45) is 0.664. The summed E-state index contributed by atoms with van der Waals surface area (Å²) in [5.41, 5.74) is 5.11. The van der Waals surface area contributed by atoms with Gasteiger partial charge in [-0.3, -0.25) is 0 Å². The second-order valence-electron chi connectivity index (χ2n) is 6.69. The minimum absolute atomic E-state index is 0. The number of hydrogen-bond acceptors (Lipinski definition) is 3. The summed E-state index contributed by atoms with van der Waals surface area (Å²) < 4.78 is 4.83. The van der Waals surface area contributed by atoms with Crippen LogP contribution < -0.4 is 0 Å². The van der Waals surface area contributed by atoms with Crippen LogP contribution in [-0.2, 0) is 10.2 Å². The van der Waals surface area contributed by atoms with E-state index in [9.17, 15) is 5.21 Å². The molecule has 1 aliphatic rings. The smallest absolute Gasteiger partial charge is 0.0886 e. The summed E-state index contributed by atoms with van der Waals surface area (Å²) >= 11 is 0. The average Bonchev–Trinajstić information content (AvgIpc) is 3.12. The standard InChI is InChI=1S/C21H17NO.C4H10O.ClH/c23-22-20-15-21(16-9-3-1-4-10-16,17-11-5-2-6-12-17)19-14-8-7-13-18(19)20;1-3-5-4-2;/h1-14,23H,15H2;3-4H2,1-2H3;1H/b22-20-;;. The Labute approximate surface area is 179 Å². The molecule has 0 radical (unpaired) electrons. The quantitative estimate of drug-likeness (QED) is 0.419. The van der Waals surface area contributed by atoms with Gasteiger partial charge < -0.3 is 9.94 Å². The molecule has 0 saturated carbocycles. The third-order valence-corrected chi connectivity index (χ3v) is 5.19. The van der Waals surface area contributed by atoms with E-state index in [4.69, 9.17) is 4.74 Å². The van der Waals surface area contributed by atoms with E-state index in [2.05, 4.69) is 65.8 Å². The van der Waals surface area contributed by atoms with Gasteiger partial charge >= 0.3 is 0 Å². The van der Waals surface area contributed by atoms with Gasteiger partial charge in [-0.05, 0) is 30.5 Å². The number of hydrogen-bond donors (Lipinski definition) is 1. The first-order chi connectivity index (χ1) is 13.8. The molecule has 1 N–H and O–H groups in total. The molecule has 0 amide bonds. The van der Waals surface area contributed by atoms with E-state index in [1.807, 2.05) is 38.1 Å². The lowest BCUT2D eigenvalue weighted by molar-refractivity contribution is 0.162. The summed E-state index contributed by atoms with van der Waals surface area (Å²) in [6, 6.07) is 29.2. The zero-order valence-corrected chi connectivity index (χ0v) is 17.7. The lowest BCUT2D eigenvalue weighted by Gasteiger charge is -2.31. The first-order valence-electron chi connectivity index (χ1n) is 9.77. The maximum Gasteiger partial charge on any atom is 0.0886 e. The Balaban J connectivity index is 0.000000450. The van der Waals surface area contributed by atoms with Crippen molar-refractivity contribution >= 4 is 18.1 Å². The molecule has 0 atom stereocenters. The largest absolute Gasteiger partial charge is 0.411 e. The second-order valence-corrected chi connectivity index (χ2v) is 6.69. The molecule has 0 heterocycles. The Morgan fingerprint density at radius 3 is 1.72 bits per heavy atom. The molecule has 0 saturated heterocycles. The zero-order chi connectivity index (χ0) is 19.8. The monoisotopic (exact) mass is 409 g/mol. The molecule has 152 valence electrons. The minimum atomic E-state index is -0.305. The van der Waals surface area contributed by atoms with Crippen molar-refractivity contribution in [1.82, 2.24) is 0 Å². The lowest BCUT2D eigenvalue weighted by Crippen LogP contribution is -2.26. The first-order valence-corrected chi connectivity index (χ1v) is 9.77. The summed E-state index contributed by atoms with van der Waals surface area (Å²) in [6.45, 7) is 5.67. The molecular formula is C25H28ClNO2. The molecule has 0 fully saturated rings. The number of rotatable bonds is 4. The normalized spacial score (nSPS) is 15.0. The van der Waals surface area contributed by atoms with Crippen LogP contribution in [0.3, 0.4) is 0 Å². The highest BCUT2D eigenvalue weighted by Crippen LogP contribution is 2.48. The van der Waals surface area contributed by atoms with E-state index < -0.39 is 0 Å². The Hall–Kier alpha value is -2.62. The molecule has 3 aromatic carbocycles. The highest BCUT2D eigenvalue weighted by Gasteiger charge is 2.44. The van der Waals surface area contributed by atoms with Gasteiger partial charge in [0, 0.05) is 25.2 Å². The summed E-state index contributed by atoms with van der Waals surface area (Å²) in [5.74, 6) is 0. The maximum absolute atomic E-state index is 9.53. The highest BCUT2D eigenvalue weighted by atomic mass is 35.5. The second kappa shape index (κ2) is 10.8. The van der Waals surface area contributed by atoms with Crippen molar-refractivity contribution in [2.24, 2.45) is 5.16 Å². The van der Waals surface area contributed by atoms with Crippen LogP contribution in [0.25, 0.3) is 0 Å². The van der Waals surface area contributed by atoms with Gasteiger partial charge in [-0.15, -0.1) is 12.4 Å². The number of halogens is 1. The summed E-state index contributed by atoms with van der Waals surface area (Å²) in [5, 5.41) is 13.1. The third kappa shape index (κ3) is 4.52. The van der Waals surface area contributed by atoms with E-state index in [0.717, 1.165) is 24.5 Å². The van der Waals surface area contributed by atoms with Crippen LogP contribution in [0.15, 0.2) is 90.1 Å². The molecule has 0 unspecified atom stereocenters. The van der Waals surface area contributed by atoms with Crippen molar-refractivity contribution in [2.45, 2.75) is 25.7 Å². The van der Waals surface area contributed by atoms with Gasteiger partial charge in [-0.2, -0.15) is 0 Å². The summed E-state index contributed by atoms with van der Waals surface area (Å²) in [7, 11) is 0. The van der Waals surface area contributed by atoms with E-state index in [0.29, 0.717) is 6.42 Å². The number of benzene rings is 3. The molecular weight excluding hydrogens is 382 g/mol. The maximum atomic E-state index is 9.53. The molecule has 1 aliphatic carbocycles. The minimum Gasteiger partial charge on any atom is -0.411 e. The van der Waals surface area contributed by atoms with Gasteiger partial charge in [0.1, 0.15) is 0 Å². The third-order valence-electron chi connectivity index (χ3n) is 5.19. The molecule has 0 aliphatic heterocycles. The Kier molecular flexibility index (Phi) is 8.44. The van der Waals surface area contributed by atoms with Crippen LogP contribution in [0, 0.1) is 0 Å². The van der Waals surface area contributed by atoms with Gasteiger partial charge in [-0.25, -0.2) is 0 Å². The fourth-order valence-electron chi connectivity index (χ4n) is 3.97. The predicted molar refractivity (Wildman–Crippen MR) is 122 cm³/mol. The molecule has 0 aromatic heterocycles. The van der Waals surface area contributed by atoms with Crippen LogP contribution in [0.5, 0.6) is 0 Å². The molecule has 0 bridgehead atoms. The predicted octanol–water partition coefficient (Wildman–Crippen LogP) is 6.07. The number of nitrogens with zero attached hydrogens (tertiary/aromatic N) is 1. The van der Waals surface area contributed by atoms with Crippen LogP contribution in [0.1, 0.15) is 42.5 Å². The Bertz CT molecular complexity index is 869. The van der Waals surface area contributed by atoms with Gasteiger partial charge in [-0.1, -0.05) is 90.1 Å². The van der Waals surface area contributed by atoms with E-state index in [1.165, 1.54) is 16.7 Å². The van der Waals surface area contributed by atoms with Gasteiger partial charge in [0.15, 0.2) is 0 Å². The average molecular weight is 410 g/mol. The van der Waals surface area contributed by atoms with E-state index >= 15 is 0 Å². The van der Waals surface area contributed by atoms with Crippen LogP contribution >= 0.6 is 12.4 Å². The van der Waals surface area contributed by atoms with Crippen molar-refractivity contribution < 1.29 is 9.94 Å². The van der Waals surface area contributed by atoms with Crippen molar-refractivity contribution in [1.29, 1.82) is 0 Å². The van der Waals surface area contributed by atoms with E-state index in [-0.39, 0.29) is 17.8 Å². The molecule has 3 aromatic rings. The molecule has 4 heteroatoms. The van der Waals surface area contributed by atoms with Crippen molar-refractivity contribution in [2.75, 3.05) is 13.2 Å². The fraction of sp³-hybridized carbons (Fsp3) is 0.240. The topological polar surface area (TPSA) is 41.8 Å². The molecule has 29 heavy (non-hydrogen) atoms. The molecule has 4 rings (SSSR count). The first kappa shape index (κ1) is 22.7. The van der Waals surface area contributed by atoms with Gasteiger partial charge in [0.05, 0.1) is 11.1 Å². The number of ether oxygens (including phenoxy) is 1. The lowest BCUT2D eigenvalue weighted by atomic mass is 9.70. The zero-order valence-electron chi connectivity index (χ0n) is 16.9. The van der Waals surface area contributed by atoms with Crippen LogP contribution in [0.2, 0.25) is 0 Å². The molecule has 3 nitrogen and oxygen atoms in total.